The molecule has 1 aliphatic heterocycles. The number of sulfonamides is 1. The molecule has 0 aromatic rings. The van der Waals surface area contributed by atoms with Crippen LogP contribution in [0.4, 0.5) is 0 Å². The summed E-state index contributed by atoms with van der Waals surface area (Å²) in [4.78, 5) is 6.49. The van der Waals surface area contributed by atoms with E-state index in [1.807, 2.05) is 13.8 Å². The molecule has 2 aliphatic rings. The number of nitrogens with zero attached hydrogens (tertiary/aromatic N) is 3. The van der Waals surface area contributed by atoms with Gasteiger partial charge in [-0.05, 0) is 39.5 Å². The summed E-state index contributed by atoms with van der Waals surface area (Å²) in [6.07, 6.45) is 7.17. The first-order valence-electron chi connectivity index (χ1n) is 9.65. The highest BCUT2D eigenvalue weighted by Gasteiger charge is 2.27. The van der Waals surface area contributed by atoms with Crippen LogP contribution in [-0.2, 0) is 14.8 Å². The van der Waals surface area contributed by atoms with Crippen LogP contribution in [0.5, 0.6) is 0 Å². The van der Waals surface area contributed by atoms with Crippen molar-refractivity contribution >= 4 is 40.0 Å². The molecule has 9 heteroatoms. The molecule has 0 aromatic heterocycles. The summed E-state index contributed by atoms with van der Waals surface area (Å²) in [5.74, 6) is 0.913. The molecule has 0 aromatic carbocycles. The molecule has 1 heterocycles. The molecule has 0 radical (unpaired) electrons. The third kappa shape index (κ3) is 8.25. The van der Waals surface area contributed by atoms with E-state index in [0.29, 0.717) is 26.2 Å². The van der Waals surface area contributed by atoms with Crippen molar-refractivity contribution in [3.05, 3.63) is 11.6 Å². The zero-order valence-electron chi connectivity index (χ0n) is 16.8. The van der Waals surface area contributed by atoms with E-state index in [-0.39, 0.29) is 42.4 Å². The Morgan fingerprint density at radius 2 is 2.00 bits per heavy atom. The lowest BCUT2D eigenvalue weighted by atomic mass is 10.2. The van der Waals surface area contributed by atoms with E-state index in [2.05, 4.69) is 21.3 Å². The molecule has 1 aliphatic carbocycles. The Labute approximate surface area is 181 Å². The SMILES string of the molecule is CN=C(NCCC1=CCCC1)N1CCN(S(=O)(=O)CCOC(C)C)CC1.I. The van der Waals surface area contributed by atoms with Crippen molar-refractivity contribution in [3.8, 4) is 0 Å². The number of guanidine groups is 1. The van der Waals surface area contributed by atoms with Crippen molar-refractivity contribution in [2.75, 3.05) is 52.1 Å². The smallest absolute Gasteiger partial charge is 0.216 e. The first-order valence-corrected chi connectivity index (χ1v) is 11.3. The summed E-state index contributed by atoms with van der Waals surface area (Å²) < 4.78 is 31.8. The van der Waals surface area contributed by atoms with Crippen LogP contribution in [0.2, 0.25) is 0 Å². The Bertz CT molecular complexity index is 600. The maximum atomic E-state index is 12.4. The third-order valence-electron chi connectivity index (χ3n) is 4.80. The highest BCUT2D eigenvalue weighted by Crippen LogP contribution is 2.19. The molecule has 1 fully saturated rings. The lowest BCUT2D eigenvalue weighted by molar-refractivity contribution is 0.0904. The number of halogens is 1. The van der Waals surface area contributed by atoms with E-state index in [0.717, 1.165) is 18.9 Å². The van der Waals surface area contributed by atoms with E-state index in [1.54, 1.807) is 11.4 Å². The maximum Gasteiger partial charge on any atom is 0.216 e. The van der Waals surface area contributed by atoms with Crippen molar-refractivity contribution in [1.29, 1.82) is 0 Å². The van der Waals surface area contributed by atoms with E-state index in [4.69, 9.17) is 4.74 Å². The fourth-order valence-corrected chi connectivity index (χ4v) is 4.61. The van der Waals surface area contributed by atoms with Gasteiger partial charge in [-0.2, -0.15) is 4.31 Å². The number of aliphatic imine (C=N–C) groups is 1. The number of hydrogen-bond donors (Lipinski definition) is 1. The molecular weight excluding hydrogens is 479 g/mol. The van der Waals surface area contributed by atoms with Gasteiger partial charge in [0.2, 0.25) is 10.0 Å². The number of nitrogens with one attached hydrogen (secondary N) is 1. The van der Waals surface area contributed by atoms with Gasteiger partial charge in [-0.15, -0.1) is 24.0 Å². The van der Waals surface area contributed by atoms with Gasteiger partial charge in [0.25, 0.3) is 0 Å². The van der Waals surface area contributed by atoms with Gasteiger partial charge in [-0.1, -0.05) is 11.6 Å². The number of allylic oxidation sites excluding steroid dienone is 1. The number of rotatable bonds is 8. The minimum Gasteiger partial charge on any atom is -0.378 e. The molecule has 27 heavy (non-hydrogen) atoms. The number of hydrogen-bond acceptors (Lipinski definition) is 4. The molecule has 0 saturated carbocycles. The standard InChI is InChI=1S/C18H34N4O3S.HI/c1-16(2)25-14-15-26(23,24)22-12-10-21(11-13-22)18(19-3)20-9-8-17-6-4-5-7-17;/h6,16H,4-5,7-15H2,1-3H3,(H,19,20);1H. The molecule has 0 bridgehead atoms. The normalized spacial score (nSPS) is 19.2. The highest BCUT2D eigenvalue weighted by atomic mass is 127. The van der Waals surface area contributed by atoms with Crippen LogP contribution < -0.4 is 5.32 Å². The van der Waals surface area contributed by atoms with Crippen LogP contribution in [-0.4, -0.2) is 81.8 Å². The second-order valence-corrected chi connectivity index (χ2v) is 9.19. The van der Waals surface area contributed by atoms with Crippen molar-refractivity contribution in [1.82, 2.24) is 14.5 Å². The molecule has 7 nitrogen and oxygen atoms in total. The Morgan fingerprint density at radius 3 is 2.56 bits per heavy atom. The lowest BCUT2D eigenvalue weighted by Crippen LogP contribution is -2.54. The van der Waals surface area contributed by atoms with Crippen LogP contribution in [0, 0.1) is 0 Å². The highest BCUT2D eigenvalue weighted by molar-refractivity contribution is 14.0. The zero-order valence-corrected chi connectivity index (χ0v) is 20.0. The van der Waals surface area contributed by atoms with Crippen molar-refractivity contribution < 1.29 is 13.2 Å². The second-order valence-electron chi connectivity index (χ2n) is 7.10. The van der Waals surface area contributed by atoms with Gasteiger partial charge in [0, 0.05) is 39.8 Å². The van der Waals surface area contributed by atoms with Crippen molar-refractivity contribution in [2.24, 2.45) is 4.99 Å². The molecule has 0 unspecified atom stereocenters. The van der Waals surface area contributed by atoms with Gasteiger partial charge in [-0.25, -0.2) is 8.42 Å². The quantitative estimate of drug-likeness (QED) is 0.232. The second kappa shape index (κ2) is 12.2. The van der Waals surface area contributed by atoms with E-state index < -0.39 is 10.0 Å². The van der Waals surface area contributed by atoms with Gasteiger partial charge in [0.1, 0.15) is 0 Å². The van der Waals surface area contributed by atoms with E-state index in [9.17, 15) is 8.42 Å². The third-order valence-corrected chi connectivity index (χ3v) is 6.63. The average Bonchev–Trinajstić information content (AvgIpc) is 3.12. The van der Waals surface area contributed by atoms with Gasteiger partial charge >= 0.3 is 0 Å². The van der Waals surface area contributed by atoms with Gasteiger partial charge in [0.15, 0.2) is 5.96 Å². The van der Waals surface area contributed by atoms with Crippen molar-refractivity contribution in [2.45, 2.75) is 45.6 Å². The maximum absolute atomic E-state index is 12.4. The Hall–Kier alpha value is -0.390. The van der Waals surface area contributed by atoms with Crippen LogP contribution >= 0.6 is 24.0 Å². The van der Waals surface area contributed by atoms with Crippen LogP contribution in [0.15, 0.2) is 16.6 Å². The molecule has 158 valence electrons. The number of ether oxygens (including phenoxy) is 1. The van der Waals surface area contributed by atoms with E-state index in [1.165, 1.54) is 24.8 Å². The fourth-order valence-electron chi connectivity index (χ4n) is 3.33. The lowest BCUT2D eigenvalue weighted by Gasteiger charge is -2.35. The molecule has 0 atom stereocenters. The Balaban J connectivity index is 0.00000364. The minimum atomic E-state index is -3.25. The van der Waals surface area contributed by atoms with Crippen LogP contribution in [0.25, 0.3) is 0 Å². The average molecular weight is 514 g/mol. The van der Waals surface area contributed by atoms with Crippen molar-refractivity contribution in [3.63, 3.8) is 0 Å². The first kappa shape index (κ1) is 24.6. The van der Waals surface area contributed by atoms with Gasteiger partial charge in [0.05, 0.1) is 18.5 Å². The topological polar surface area (TPSA) is 74.2 Å². The first-order chi connectivity index (χ1) is 12.4. The van der Waals surface area contributed by atoms with Crippen LogP contribution in [0.1, 0.15) is 39.5 Å². The van der Waals surface area contributed by atoms with Gasteiger partial charge in [-0.3, -0.25) is 4.99 Å². The molecule has 1 saturated heterocycles. The fraction of sp³-hybridized carbons (Fsp3) is 0.833. The summed E-state index contributed by atoms with van der Waals surface area (Å²) in [5, 5.41) is 3.41. The monoisotopic (exact) mass is 514 g/mol. The largest absolute Gasteiger partial charge is 0.378 e. The summed E-state index contributed by atoms with van der Waals surface area (Å²) in [6.45, 7) is 7.26. The Kier molecular flexibility index (Phi) is 11.2. The van der Waals surface area contributed by atoms with E-state index >= 15 is 0 Å². The summed E-state index contributed by atoms with van der Waals surface area (Å²) in [7, 11) is -1.47. The molecule has 0 amide bonds. The zero-order chi connectivity index (χ0) is 19.0. The summed E-state index contributed by atoms with van der Waals surface area (Å²) in [6, 6.07) is 0. The van der Waals surface area contributed by atoms with Crippen LogP contribution in [0.3, 0.4) is 0 Å². The molecule has 0 spiro atoms. The predicted octanol–water partition coefficient (Wildman–Crippen LogP) is 2.05. The molecule has 1 N–H and O–H groups in total. The summed E-state index contributed by atoms with van der Waals surface area (Å²) in [5.41, 5.74) is 1.53. The number of piperazine rings is 1. The molecule has 2 rings (SSSR count). The van der Waals surface area contributed by atoms with Gasteiger partial charge < -0.3 is 15.0 Å². The predicted molar refractivity (Wildman–Crippen MR) is 121 cm³/mol. The Morgan fingerprint density at radius 1 is 1.30 bits per heavy atom. The summed E-state index contributed by atoms with van der Waals surface area (Å²) >= 11 is 0. The minimum absolute atomic E-state index is 0. The molecular formula is C18H35IN4O3S.